The lowest BCUT2D eigenvalue weighted by atomic mass is 9.86. The molecule has 0 radical (unpaired) electrons. The molecule has 10 heteroatoms. The molecule has 1 aromatic rings. The van der Waals surface area contributed by atoms with E-state index >= 15 is 0 Å². The van der Waals surface area contributed by atoms with Gasteiger partial charge in [-0.3, -0.25) is 14.7 Å². The highest BCUT2D eigenvalue weighted by Crippen LogP contribution is 2.65. The number of rotatable bonds is 4. The number of allylic oxidation sites excluding steroid dienone is 3. The number of esters is 1. The van der Waals surface area contributed by atoms with Crippen LogP contribution in [0.5, 0.6) is 0 Å². The summed E-state index contributed by atoms with van der Waals surface area (Å²) in [6.07, 6.45) is 0. The van der Waals surface area contributed by atoms with Crippen molar-refractivity contribution < 1.29 is 28.1 Å². The van der Waals surface area contributed by atoms with Crippen molar-refractivity contribution in [1.82, 2.24) is 5.32 Å². The number of ether oxygens (including phenoxy) is 1. The molecule has 0 aromatic heterocycles. The van der Waals surface area contributed by atoms with Crippen LogP contribution in [0.1, 0.15) is 32.3 Å². The predicted molar refractivity (Wildman–Crippen MR) is 105 cm³/mol. The number of nitrogens with zero attached hydrogens (tertiary/aromatic N) is 1. The molecule has 1 saturated heterocycles. The molecule has 9 nitrogen and oxygen atoms in total. The summed E-state index contributed by atoms with van der Waals surface area (Å²) in [4.78, 5) is 23.4. The highest BCUT2D eigenvalue weighted by atomic mass is 31.2. The third kappa shape index (κ3) is 3.99. The van der Waals surface area contributed by atoms with Gasteiger partial charge in [-0.05, 0) is 19.4 Å². The molecular weight excluding hydrogens is 399 g/mol. The average Bonchev–Trinajstić information content (AvgIpc) is 2.69. The van der Waals surface area contributed by atoms with E-state index < -0.39 is 24.4 Å². The Balaban J connectivity index is 2.21. The quantitative estimate of drug-likeness (QED) is 0.337. The summed E-state index contributed by atoms with van der Waals surface area (Å²) in [6, 6.07) is 5.88. The highest BCUT2D eigenvalue weighted by Gasteiger charge is 2.46. The van der Waals surface area contributed by atoms with Crippen LogP contribution < -0.4 is 5.32 Å². The van der Waals surface area contributed by atoms with Gasteiger partial charge >= 0.3 is 13.6 Å². The van der Waals surface area contributed by atoms with E-state index in [1.54, 1.807) is 19.9 Å². The van der Waals surface area contributed by atoms with Crippen molar-refractivity contribution in [3.63, 3.8) is 0 Å². The molecule has 1 N–H and O–H groups in total. The molecule has 1 fully saturated rings. The van der Waals surface area contributed by atoms with Crippen LogP contribution in [0.25, 0.3) is 0 Å². The van der Waals surface area contributed by atoms with Gasteiger partial charge in [0.05, 0.1) is 42.1 Å². The van der Waals surface area contributed by atoms with Crippen LogP contribution in [0.3, 0.4) is 0 Å². The van der Waals surface area contributed by atoms with E-state index in [0.29, 0.717) is 17.0 Å². The molecule has 1 aromatic carbocycles. The Hall–Kier alpha value is -2.48. The van der Waals surface area contributed by atoms with E-state index in [2.05, 4.69) is 5.32 Å². The Bertz CT molecular complexity index is 957. The van der Waals surface area contributed by atoms with E-state index in [-0.39, 0.29) is 35.7 Å². The summed E-state index contributed by atoms with van der Waals surface area (Å²) in [5.74, 6) is -1.43. The van der Waals surface area contributed by atoms with Crippen LogP contribution in [0.4, 0.5) is 5.69 Å². The number of non-ortho nitro benzene ring substituents is 1. The first kappa shape index (κ1) is 21.2. The summed E-state index contributed by atoms with van der Waals surface area (Å²) >= 11 is 0. The number of hydrogen-bond acceptors (Lipinski definition) is 8. The lowest BCUT2D eigenvalue weighted by Crippen LogP contribution is -2.31. The van der Waals surface area contributed by atoms with Crippen molar-refractivity contribution in [2.24, 2.45) is 5.92 Å². The lowest BCUT2D eigenvalue weighted by molar-refractivity contribution is -0.384. The Morgan fingerprint density at radius 3 is 2.52 bits per heavy atom. The molecule has 2 heterocycles. The number of benzene rings is 1. The van der Waals surface area contributed by atoms with Gasteiger partial charge in [-0.25, -0.2) is 4.79 Å². The maximum Gasteiger partial charge on any atom is 0.360 e. The van der Waals surface area contributed by atoms with Gasteiger partial charge in [0.2, 0.25) is 0 Å². The second kappa shape index (κ2) is 8.10. The molecule has 0 bridgehead atoms. The summed E-state index contributed by atoms with van der Waals surface area (Å²) in [6.45, 7) is 5.79. The van der Waals surface area contributed by atoms with Crippen LogP contribution in [0, 0.1) is 16.0 Å². The van der Waals surface area contributed by atoms with Crippen LogP contribution >= 0.6 is 7.60 Å². The van der Waals surface area contributed by atoms with Crippen molar-refractivity contribution in [3.05, 3.63) is 62.2 Å². The Labute approximate surface area is 168 Å². The third-order valence-corrected chi connectivity index (χ3v) is 7.06. The molecule has 156 valence electrons. The average molecular weight is 422 g/mol. The molecular formula is C19H23N2O7P. The molecule has 0 spiro atoms. The Morgan fingerprint density at radius 2 is 1.93 bits per heavy atom. The SMILES string of the molecule is COC(=O)C1=C(C)NC(C)=C(P2(=O)OCC(C)CO2)C1c1cccc([N+](=O)[O-])c1. The highest BCUT2D eigenvalue weighted by molar-refractivity contribution is 7.58. The second-order valence-corrected chi connectivity index (χ2v) is 9.14. The van der Waals surface area contributed by atoms with Gasteiger partial charge in [-0.1, -0.05) is 19.1 Å². The maximum absolute atomic E-state index is 13.7. The summed E-state index contributed by atoms with van der Waals surface area (Å²) in [7, 11) is -2.51. The normalized spacial score (nSPS) is 27.4. The number of methoxy groups -OCH3 is 1. The molecule has 1 atom stereocenters. The molecule has 0 amide bonds. The monoisotopic (exact) mass is 422 g/mol. The Kier molecular flexibility index (Phi) is 5.93. The number of dihydropyridines is 1. The zero-order valence-electron chi connectivity index (χ0n) is 16.6. The fraction of sp³-hybridized carbons (Fsp3) is 0.421. The van der Waals surface area contributed by atoms with Gasteiger partial charge < -0.3 is 19.1 Å². The molecule has 29 heavy (non-hydrogen) atoms. The van der Waals surface area contributed by atoms with Crippen molar-refractivity contribution in [3.8, 4) is 0 Å². The number of nitro benzene ring substituents is 1. The second-order valence-electron chi connectivity index (χ2n) is 7.14. The molecule has 3 rings (SSSR count). The fourth-order valence-electron chi connectivity index (χ4n) is 3.54. The number of hydrogen-bond donors (Lipinski definition) is 1. The van der Waals surface area contributed by atoms with E-state index in [1.165, 1.54) is 25.3 Å². The minimum atomic E-state index is -3.75. The molecule has 0 aliphatic carbocycles. The number of nitrogens with one attached hydrogen (secondary N) is 1. The van der Waals surface area contributed by atoms with Gasteiger partial charge in [0.15, 0.2) is 0 Å². The zero-order chi connectivity index (χ0) is 21.3. The summed E-state index contributed by atoms with van der Waals surface area (Å²) < 4.78 is 29.9. The van der Waals surface area contributed by atoms with Crippen LogP contribution in [-0.4, -0.2) is 31.2 Å². The molecule has 0 saturated carbocycles. The first-order valence-corrected chi connectivity index (χ1v) is 10.6. The van der Waals surface area contributed by atoms with Gasteiger partial charge in [-0.2, -0.15) is 0 Å². The zero-order valence-corrected chi connectivity index (χ0v) is 17.5. The lowest BCUT2D eigenvalue weighted by Gasteiger charge is -2.36. The number of carbonyl (C=O) groups is 1. The summed E-state index contributed by atoms with van der Waals surface area (Å²) in [5.41, 5.74) is 1.51. The third-order valence-electron chi connectivity index (χ3n) is 4.90. The largest absolute Gasteiger partial charge is 0.466 e. The van der Waals surface area contributed by atoms with E-state index in [1.807, 2.05) is 6.92 Å². The molecule has 2 aliphatic rings. The van der Waals surface area contributed by atoms with Crippen LogP contribution in [-0.2, 0) is 23.1 Å². The van der Waals surface area contributed by atoms with Gasteiger partial charge in [0.25, 0.3) is 5.69 Å². The van der Waals surface area contributed by atoms with E-state index in [4.69, 9.17) is 13.8 Å². The van der Waals surface area contributed by atoms with Gasteiger partial charge in [0, 0.05) is 29.4 Å². The first-order valence-electron chi connectivity index (χ1n) is 9.09. The van der Waals surface area contributed by atoms with Gasteiger partial charge in [-0.15, -0.1) is 0 Å². The summed E-state index contributed by atoms with van der Waals surface area (Å²) in [5, 5.41) is 14.6. The van der Waals surface area contributed by atoms with Crippen molar-refractivity contribution in [2.75, 3.05) is 20.3 Å². The van der Waals surface area contributed by atoms with Crippen molar-refractivity contribution >= 4 is 19.3 Å². The predicted octanol–water partition coefficient (Wildman–Crippen LogP) is 3.84. The topological polar surface area (TPSA) is 117 Å². The number of nitro groups is 1. The first-order chi connectivity index (χ1) is 13.7. The fourth-order valence-corrected chi connectivity index (χ4v) is 5.86. The Morgan fingerprint density at radius 1 is 1.28 bits per heavy atom. The van der Waals surface area contributed by atoms with Crippen molar-refractivity contribution in [1.29, 1.82) is 0 Å². The molecule has 2 aliphatic heterocycles. The molecule has 1 unspecified atom stereocenters. The van der Waals surface area contributed by atoms with Crippen LogP contribution in [0.2, 0.25) is 0 Å². The minimum absolute atomic E-state index is 0.0724. The smallest absolute Gasteiger partial charge is 0.360 e. The number of carbonyl (C=O) groups excluding carboxylic acids is 1. The van der Waals surface area contributed by atoms with Gasteiger partial charge in [0.1, 0.15) is 0 Å². The minimum Gasteiger partial charge on any atom is -0.466 e. The van der Waals surface area contributed by atoms with Crippen LogP contribution in [0.15, 0.2) is 46.5 Å². The van der Waals surface area contributed by atoms with Crippen molar-refractivity contribution in [2.45, 2.75) is 26.7 Å². The maximum atomic E-state index is 13.7. The van der Waals surface area contributed by atoms with E-state index in [9.17, 15) is 19.5 Å². The standard InChI is InChI=1S/C19H23N2O7P/c1-11-9-27-29(25,28-10-11)18-13(3)20-12(2)16(19(22)26-4)17(18)14-6-5-7-15(8-14)21(23)24/h5-8,11,17,20H,9-10H2,1-4H3. The van der Waals surface area contributed by atoms with E-state index in [0.717, 1.165) is 0 Å².